The molecule has 174 valence electrons. The summed E-state index contributed by atoms with van der Waals surface area (Å²) < 4.78 is 1.51. The average molecular weight is 492 g/mol. The number of fused-ring (bicyclic) bond motifs is 1. The van der Waals surface area contributed by atoms with Gasteiger partial charge in [0, 0.05) is 43.8 Å². The maximum Gasteiger partial charge on any atom is 0.267 e. The summed E-state index contributed by atoms with van der Waals surface area (Å²) in [6, 6.07) is 15.2. The Morgan fingerprint density at radius 3 is 2.62 bits per heavy atom. The van der Waals surface area contributed by atoms with Crippen molar-refractivity contribution >= 4 is 39.9 Å². The van der Waals surface area contributed by atoms with Gasteiger partial charge in [-0.3, -0.25) is 14.5 Å². The number of hydrogen-bond donors (Lipinski definition) is 0. The number of nitrogens with zero attached hydrogens (tertiary/aromatic N) is 5. The molecule has 0 radical (unpaired) electrons. The van der Waals surface area contributed by atoms with Crippen LogP contribution < -0.4 is 5.56 Å². The van der Waals surface area contributed by atoms with Gasteiger partial charge in [0.1, 0.15) is 5.82 Å². The fourth-order valence-electron chi connectivity index (χ4n) is 4.00. The van der Waals surface area contributed by atoms with Crippen molar-refractivity contribution in [2.45, 2.75) is 18.6 Å². The summed E-state index contributed by atoms with van der Waals surface area (Å²) in [5.74, 6) is 0.791. The number of hydrogen-bond acceptors (Lipinski definition) is 7. The zero-order chi connectivity index (χ0) is 23.5. The van der Waals surface area contributed by atoms with E-state index >= 15 is 0 Å². The van der Waals surface area contributed by atoms with Crippen molar-refractivity contribution < 1.29 is 4.79 Å². The highest BCUT2D eigenvalue weighted by molar-refractivity contribution is 7.99. The zero-order valence-electron chi connectivity index (χ0n) is 18.9. The molecule has 0 spiro atoms. The van der Waals surface area contributed by atoms with Gasteiger partial charge in [-0.05, 0) is 42.1 Å². The molecule has 7 nitrogen and oxygen atoms in total. The molecule has 5 rings (SSSR count). The number of aromatic nitrogens is 3. The van der Waals surface area contributed by atoms with E-state index in [0.717, 1.165) is 25.2 Å². The Morgan fingerprint density at radius 2 is 1.88 bits per heavy atom. The molecule has 4 heterocycles. The second-order valence-electron chi connectivity index (χ2n) is 8.27. The van der Waals surface area contributed by atoms with E-state index in [1.54, 1.807) is 23.6 Å². The number of para-hydroxylation sites is 1. The van der Waals surface area contributed by atoms with Crippen molar-refractivity contribution in [3.8, 4) is 5.82 Å². The number of benzene rings is 1. The number of carbonyl (C=O) groups excluding carboxylic acids is 1. The Morgan fingerprint density at radius 1 is 1.06 bits per heavy atom. The van der Waals surface area contributed by atoms with Crippen LogP contribution in [0.3, 0.4) is 0 Å². The van der Waals surface area contributed by atoms with Crippen molar-refractivity contribution in [3.05, 3.63) is 80.9 Å². The Balaban J connectivity index is 1.31. The topological polar surface area (TPSA) is 71.3 Å². The van der Waals surface area contributed by atoms with E-state index < -0.39 is 0 Å². The van der Waals surface area contributed by atoms with Crippen molar-refractivity contribution in [1.82, 2.24) is 24.3 Å². The van der Waals surface area contributed by atoms with Gasteiger partial charge < -0.3 is 4.90 Å². The number of rotatable bonds is 6. The molecule has 0 atom stereocenters. The van der Waals surface area contributed by atoms with Gasteiger partial charge in [0.2, 0.25) is 5.91 Å². The van der Waals surface area contributed by atoms with E-state index in [0.29, 0.717) is 35.0 Å². The molecule has 1 aromatic carbocycles. The minimum absolute atomic E-state index is 0.0617. The number of piperazine rings is 1. The van der Waals surface area contributed by atoms with Crippen LogP contribution >= 0.6 is 23.1 Å². The number of thioether (sulfide) groups is 1. The lowest BCUT2D eigenvalue weighted by Gasteiger charge is -2.34. The van der Waals surface area contributed by atoms with Crippen molar-refractivity contribution in [3.63, 3.8) is 0 Å². The Hall–Kier alpha value is -3.01. The second kappa shape index (κ2) is 10.1. The molecule has 3 aromatic heterocycles. The minimum Gasteiger partial charge on any atom is -0.339 e. The van der Waals surface area contributed by atoms with Crippen LogP contribution in [0.5, 0.6) is 0 Å². The number of pyridine rings is 1. The first kappa shape index (κ1) is 22.8. The van der Waals surface area contributed by atoms with Crippen molar-refractivity contribution in [2.24, 2.45) is 0 Å². The highest BCUT2D eigenvalue weighted by atomic mass is 32.2. The van der Waals surface area contributed by atoms with E-state index in [-0.39, 0.29) is 17.2 Å². The van der Waals surface area contributed by atoms with Crippen LogP contribution in [0.15, 0.2) is 70.1 Å². The van der Waals surface area contributed by atoms with Crippen LogP contribution in [0.2, 0.25) is 0 Å². The first-order valence-corrected chi connectivity index (χ1v) is 13.0. The van der Waals surface area contributed by atoms with Gasteiger partial charge in [-0.15, -0.1) is 11.3 Å². The maximum atomic E-state index is 13.3. The summed E-state index contributed by atoms with van der Waals surface area (Å²) in [6.07, 6.45) is 1.73. The molecule has 9 heteroatoms. The summed E-state index contributed by atoms with van der Waals surface area (Å²) in [5.41, 5.74) is 1.44. The van der Waals surface area contributed by atoms with E-state index in [4.69, 9.17) is 4.98 Å². The molecule has 0 unspecified atom stereocenters. The molecule has 1 saturated heterocycles. The highest BCUT2D eigenvalue weighted by Gasteiger charge is 2.22. The smallest absolute Gasteiger partial charge is 0.267 e. The molecule has 0 saturated carbocycles. The van der Waals surface area contributed by atoms with Gasteiger partial charge in [0.25, 0.3) is 5.56 Å². The molecule has 0 bridgehead atoms. The maximum absolute atomic E-state index is 13.3. The van der Waals surface area contributed by atoms with E-state index in [2.05, 4.69) is 27.4 Å². The molecule has 1 aliphatic heterocycles. The molecular formula is C25H25N5O2S2. The molecular weight excluding hydrogens is 466 g/mol. The summed E-state index contributed by atoms with van der Waals surface area (Å²) in [5, 5.41) is 3.10. The minimum atomic E-state index is -0.181. The molecule has 0 aliphatic carbocycles. The normalized spacial score (nSPS) is 14.6. The van der Waals surface area contributed by atoms with Gasteiger partial charge in [0.15, 0.2) is 5.16 Å². The van der Waals surface area contributed by atoms with Gasteiger partial charge >= 0.3 is 0 Å². The van der Waals surface area contributed by atoms with E-state index in [9.17, 15) is 9.59 Å². The fourth-order valence-corrected chi connectivity index (χ4v) is 5.65. The third kappa shape index (κ3) is 4.91. The molecule has 0 N–H and O–H groups in total. The fraction of sp³-hybridized carbons (Fsp3) is 0.280. The molecule has 1 fully saturated rings. The lowest BCUT2D eigenvalue weighted by atomic mass is 10.2. The lowest BCUT2D eigenvalue weighted by Crippen LogP contribution is -2.48. The molecule has 1 aliphatic rings. The largest absolute Gasteiger partial charge is 0.339 e. The zero-order valence-corrected chi connectivity index (χ0v) is 20.5. The Kier molecular flexibility index (Phi) is 6.75. The van der Waals surface area contributed by atoms with Crippen LogP contribution in [-0.2, 0) is 11.3 Å². The first-order valence-electron chi connectivity index (χ1n) is 11.2. The monoisotopic (exact) mass is 491 g/mol. The van der Waals surface area contributed by atoms with Gasteiger partial charge in [-0.2, -0.15) is 0 Å². The van der Waals surface area contributed by atoms with Crippen LogP contribution in [0.1, 0.15) is 10.4 Å². The third-order valence-electron chi connectivity index (χ3n) is 5.88. The van der Waals surface area contributed by atoms with Crippen molar-refractivity contribution in [1.29, 1.82) is 0 Å². The average Bonchev–Trinajstić information content (AvgIpc) is 3.37. The van der Waals surface area contributed by atoms with E-state index in [1.807, 2.05) is 42.2 Å². The lowest BCUT2D eigenvalue weighted by molar-refractivity contribution is -0.130. The summed E-state index contributed by atoms with van der Waals surface area (Å²) >= 11 is 3.06. The van der Waals surface area contributed by atoms with Crippen LogP contribution in [0, 0.1) is 6.92 Å². The predicted octanol–water partition coefficient (Wildman–Crippen LogP) is 3.59. The highest BCUT2D eigenvalue weighted by Crippen LogP contribution is 2.22. The SMILES string of the molecule is Cc1ccc(-n2c(SCC(=O)N3CCN(Cc4cccs4)CC3)nc3ccccc3c2=O)nc1. The Bertz CT molecular complexity index is 1340. The molecule has 34 heavy (non-hydrogen) atoms. The summed E-state index contributed by atoms with van der Waals surface area (Å²) in [6.45, 7) is 6.03. The molecule has 1 amide bonds. The second-order valence-corrected chi connectivity index (χ2v) is 10.2. The van der Waals surface area contributed by atoms with Crippen LogP contribution in [-0.4, -0.2) is 62.2 Å². The van der Waals surface area contributed by atoms with Gasteiger partial charge in [-0.25, -0.2) is 14.5 Å². The van der Waals surface area contributed by atoms with Crippen LogP contribution in [0.25, 0.3) is 16.7 Å². The first-order chi connectivity index (χ1) is 16.6. The summed E-state index contributed by atoms with van der Waals surface area (Å²) in [4.78, 5) is 41.1. The molecule has 4 aromatic rings. The number of amides is 1. The third-order valence-corrected chi connectivity index (χ3v) is 7.66. The van der Waals surface area contributed by atoms with Crippen LogP contribution in [0.4, 0.5) is 0 Å². The van der Waals surface area contributed by atoms with Gasteiger partial charge in [-0.1, -0.05) is 36.0 Å². The van der Waals surface area contributed by atoms with Crippen molar-refractivity contribution in [2.75, 3.05) is 31.9 Å². The number of carbonyl (C=O) groups is 1. The standard InChI is InChI=1S/C25H25N5O2S2/c1-18-8-9-22(26-15-18)30-24(32)20-6-2-3-7-21(20)27-25(30)34-17-23(31)29-12-10-28(11-13-29)16-19-5-4-14-33-19/h2-9,14-15H,10-13,16-17H2,1H3. The summed E-state index contributed by atoms with van der Waals surface area (Å²) in [7, 11) is 0. The quantitative estimate of drug-likeness (QED) is 0.303. The van der Waals surface area contributed by atoms with Gasteiger partial charge in [0.05, 0.1) is 16.7 Å². The Labute approximate surface area is 206 Å². The predicted molar refractivity (Wildman–Crippen MR) is 137 cm³/mol. The number of thiophene rings is 1. The van der Waals surface area contributed by atoms with E-state index in [1.165, 1.54) is 21.2 Å². The number of aryl methyl sites for hydroxylation is 1.